The maximum atomic E-state index is 13.2. The molecule has 1 atom stereocenters. The van der Waals surface area contributed by atoms with Gasteiger partial charge in [0.2, 0.25) is 5.91 Å². The van der Waals surface area contributed by atoms with Crippen LogP contribution in [0.15, 0.2) is 59.5 Å². The molecule has 1 aliphatic carbocycles. The minimum Gasteiger partial charge on any atom is -0.451 e. The average molecular weight is 479 g/mol. The third kappa shape index (κ3) is 3.86. The highest BCUT2D eigenvalue weighted by Crippen LogP contribution is 2.50. The number of nitrogens with one attached hydrogen (secondary N) is 2. The molecule has 0 radical (unpaired) electrons. The lowest BCUT2D eigenvalue weighted by atomic mass is 10.1. The summed E-state index contributed by atoms with van der Waals surface area (Å²) in [7, 11) is 0. The minimum absolute atomic E-state index is 0.103. The summed E-state index contributed by atoms with van der Waals surface area (Å²) in [5.74, 6) is -4.50. The lowest BCUT2D eigenvalue weighted by Gasteiger charge is -2.39. The number of alkyl halides is 2. The molecule has 178 valence electrons. The molecule has 2 aliphatic rings. The van der Waals surface area contributed by atoms with E-state index >= 15 is 0 Å². The fourth-order valence-electron chi connectivity index (χ4n) is 4.05. The number of halogens is 2. The molecule has 0 bridgehead atoms. The molecule has 0 aromatic carbocycles. The Morgan fingerprint density at radius 2 is 2.03 bits per heavy atom. The molecule has 4 aromatic rings. The molecule has 1 saturated heterocycles. The van der Waals surface area contributed by atoms with Gasteiger partial charge in [0.15, 0.2) is 5.76 Å². The maximum Gasteiger partial charge on any atom is 0.291 e. The molecule has 1 aliphatic heterocycles. The van der Waals surface area contributed by atoms with Gasteiger partial charge in [-0.15, -0.1) is 0 Å². The number of aromatic nitrogens is 5. The Balaban J connectivity index is 1.21. The van der Waals surface area contributed by atoms with Crippen molar-refractivity contribution in [1.29, 1.82) is 0 Å². The lowest BCUT2D eigenvalue weighted by Crippen LogP contribution is -2.51. The normalized spacial score (nSPS) is 18.8. The van der Waals surface area contributed by atoms with Crippen LogP contribution in [-0.2, 0) is 4.79 Å². The van der Waals surface area contributed by atoms with E-state index in [1.165, 1.54) is 4.90 Å². The van der Waals surface area contributed by atoms with E-state index in [1.807, 2.05) is 0 Å². The van der Waals surface area contributed by atoms with Crippen molar-refractivity contribution in [2.75, 3.05) is 18.4 Å². The molecule has 0 spiro atoms. The highest BCUT2D eigenvalue weighted by molar-refractivity contribution is 6.04. The van der Waals surface area contributed by atoms with Gasteiger partial charge in [0.1, 0.15) is 17.4 Å². The fourth-order valence-corrected chi connectivity index (χ4v) is 4.05. The Morgan fingerprint density at radius 3 is 2.71 bits per heavy atom. The van der Waals surface area contributed by atoms with Crippen molar-refractivity contribution in [3.8, 4) is 22.7 Å². The SMILES string of the molecule is O=C(Nc1cn(C2CN(C(=O)C3CC3(F)F)C2)nc1-c1ccccn1)c1ccc(-c2cn[nH]c2)o1. The van der Waals surface area contributed by atoms with Crippen molar-refractivity contribution in [2.24, 2.45) is 5.92 Å². The second-order valence-electron chi connectivity index (χ2n) is 8.61. The zero-order valence-corrected chi connectivity index (χ0v) is 18.2. The summed E-state index contributed by atoms with van der Waals surface area (Å²) in [6, 6.07) is 8.37. The van der Waals surface area contributed by atoms with Crippen LogP contribution in [0.25, 0.3) is 22.7 Å². The van der Waals surface area contributed by atoms with E-state index < -0.39 is 23.7 Å². The molecule has 2 amide bonds. The number of hydrogen-bond acceptors (Lipinski definition) is 6. The van der Waals surface area contributed by atoms with Gasteiger partial charge in [-0.2, -0.15) is 10.2 Å². The topological polar surface area (TPSA) is 122 Å². The van der Waals surface area contributed by atoms with E-state index in [0.29, 0.717) is 28.4 Å². The van der Waals surface area contributed by atoms with Gasteiger partial charge in [-0.05, 0) is 24.3 Å². The predicted molar refractivity (Wildman–Crippen MR) is 118 cm³/mol. The smallest absolute Gasteiger partial charge is 0.291 e. The fraction of sp³-hybridized carbons (Fsp3) is 0.261. The largest absolute Gasteiger partial charge is 0.451 e. The predicted octanol–water partition coefficient (Wildman–Crippen LogP) is 3.22. The van der Waals surface area contributed by atoms with Gasteiger partial charge in [0.05, 0.1) is 29.2 Å². The standard InChI is InChI=1S/C23H19F2N7O3/c24-23(25)7-15(23)22(34)31-10-14(11-31)32-12-17(20(30-32)16-3-1-2-6-26-16)29-21(33)19-5-4-18(35-19)13-8-27-28-9-13/h1-6,8-9,12,14-15H,7,10-11H2,(H,27,28)(H,29,33). The second-order valence-corrected chi connectivity index (χ2v) is 8.61. The van der Waals surface area contributed by atoms with Gasteiger partial charge < -0.3 is 14.6 Å². The zero-order valence-electron chi connectivity index (χ0n) is 18.2. The monoisotopic (exact) mass is 479 g/mol. The van der Waals surface area contributed by atoms with E-state index in [-0.39, 0.29) is 31.3 Å². The summed E-state index contributed by atoms with van der Waals surface area (Å²) in [4.78, 5) is 30.9. The van der Waals surface area contributed by atoms with Crippen molar-refractivity contribution in [2.45, 2.75) is 18.4 Å². The third-order valence-corrected chi connectivity index (χ3v) is 6.17. The Kier molecular flexibility index (Phi) is 4.76. The van der Waals surface area contributed by atoms with Crippen LogP contribution in [-0.4, -0.2) is 60.7 Å². The van der Waals surface area contributed by atoms with Gasteiger partial charge in [0, 0.05) is 38.1 Å². The average Bonchev–Trinajstić information content (AvgIpc) is 3.35. The summed E-state index contributed by atoms with van der Waals surface area (Å²) >= 11 is 0. The quantitative estimate of drug-likeness (QED) is 0.438. The first-order valence-corrected chi connectivity index (χ1v) is 11.0. The van der Waals surface area contributed by atoms with Gasteiger partial charge >= 0.3 is 0 Å². The molecule has 12 heteroatoms. The Bertz CT molecular complexity index is 1390. The summed E-state index contributed by atoms with van der Waals surface area (Å²) in [6.07, 6.45) is 6.12. The highest BCUT2D eigenvalue weighted by atomic mass is 19.3. The molecule has 2 N–H and O–H groups in total. The number of hydrogen-bond donors (Lipinski definition) is 2. The summed E-state index contributed by atoms with van der Waals surface area (Å²) in [5.41, 5.74) is 2.11. The summed E-state index contributed by atoms with van der Waals surface area (Å²) in [5, 5.41) is 14.0. The number of carbonyl (C=O) groups is 2. The molecule has 6 rings (SSSR count). The molecule has 5 heterocycles. The number of H-pyrrole nitrogens is 1. The van der Waals surface area contributed by atoms with Crippen LogP contribution in [0.2, 0.25) is 0 Å². The number of rotatable bonds is 6. The van der Waals surface area contributed by atoms with E-state index in [0.717, 1.165) is 0 Å². The van der Waals surface area contributed by atoms with Crippen molar-refractivity contribution in [3.05, 3.63) is 60.9 Å². The van der Waals surface area contributed by atoms with Gasteiger partial charge in [-0.3, -0.25) is 24.4 Å². The van der Waals surface area contributed by atoms with Crippen molar-refractivity contribution in [3.63, 3.8) is 0 Å². The highest BCUT2D eigenvalue weighted by Gasteiger charge is 2.63. The van der Waals surface area contributed by atoms with Crippen LogP contribution in [0.3, 0.4) is 0 Å². The number of furan rings is 1. The van der Waals surface area contributed by atoms with Gasteiger partial charge in [0.25, 0.3) is 11.8 Å². The van der Waals surface area contributed by atoms with Gasteiger partial charge in [-0.1, -0.05) is 6.07 Å². The Labute approximate surface area is 196 Å². The maximum absolute atomic E-state index is 13.2. The van der Waals surface area contributed by atoms with Crippen LogP contribution in [0.5, 0.6) is 0 Å². The molecule has 1 saturated carbocycles. The van der Waals surface area contributed by atoms with E-state index in [4.69, 9.17) is 4.42 Å². The van der Waals surface area contributed by atoms with Crippen molar-refractivity contribution >= 4 is 17.5 Å². The molecule has 35 heavy (non-hydrogen) atoms. The first-order chi connectivity index (χ1) is 16.9. The third-order valence-electron chi connectivity index (χ3n) is 6.17. The number of aromatic amines is 1. The summed E-state index contributed by atoms with van der Waals surface area (Å²) < 4.78 is 33.8. The molecule has 1 unspecified atom stereocenters. The van der Waals surface area contributed by atoms with Crippen molar-refractivity contribution in [1.82, 2.24) is 29.9 Å². The van der Waals surface area contributed by atoms with E-state index in [2.05, 4.69) is 25.6 Å². The number of likely N-dealkylation sites (tertiary alicyclic amines) is 1. The van der Waals surface area contributed by atoms with Crippen LogP contribution >= 0.6 is 0 Å². The number of nitrogens with zero attached hydrogens (tertiary/aromatic N) is 5. The van der Waals surface area contributed by atoms with E-state index in [9.17, 15) is 18.4 Å². The minimum atomic E-state index is -2.89. The lowest BCUT2D eigenvalue weighted by molar-refractivity contribution is -0.140. The second kappa shape index (κ2) is 7.86. The number of anilines is 1. The van der Waals surface area contributed by atoms with Crippen LogP contribution < -0.4 is 5.32 Å². The first kappa shape index (κ1) is 21.2. The molecule has 2 fully saturated rings. The van der Waals surface area contributed by atoms with Crippen LogP contribution in [0, 0.1) is 5.92 Å². The van der Waals surface area contributed by atoms with Crippen molar-refractivity contribution < 1.29 is 22.8 Å². The van der Waals surface area contributed by atoms with Gasteiger partial charge in [-0.25, -0.2) is 8.78 Å². The Morgan fingerprint density at radius 1 is 1.20 bits per heavy atom. The Hall–Kier alpha value is -4.35. The number of carbonyl (C=O) groups excluding carboxylic acids is 2. The number of pyridine rings is 1. The number of amides is 2. The first-order valence-electron chi connectivity index (χ1n) is 11.0. The molecule has 10 nitrogen and oxygen atoms in total. The summed E-state index contributed by atoms with van der Waals surface area (Å²) in [6.45, 7) is 0.544. The van der Waals surface area contributed by atoms with E-state index in [1.54, 1.807) is 59.8 Å². The van der Waals surface area contributed by atoms with Crippen LogP contribution in [0.1, 0.15) is 23.0 Å². The van der Waals surface area contributed by atoms with Crippen LogP contribution in [0.4, 0.5) is 14.5 Å². The molecular formula is C23H19F2N7O3. The molecular weight excluding hydrogens is 460 g/mol. The molecule has 4 aromatic heterocycles. The zero-order chi connectivity index (χ0) is 24.2.